The van der Waals surface area contributed by atoms with Crippen LogP contribution in [0.25, 0.3) is 10.9 Å². The molecule has 0 radical (unpaired) electrons. The molecule has 0 saturated carbocycles. The Bertz CT molecular complexity index is 447. The maximum atomic E-state index is 10.3. The molecule has 0 amide bonds. The first kappa shape index (κ1) is 8.32. The van der Waals surface area contributed by atoms with Crippen molar-refractivity contribution in [2.75, 3.05) is 0 Å². The fraction of sp³-hybridized carbons (Fsp3) is 0.100. The van der Waals surface area contributed by atoms with E-state index in [-0.39, 0.29) is 0 Å². The Balaban J connectivity index is 2.55. The highest BCUT2D eigenvalue weighted by molar-refractivity contribution is 6.31. The molecule has 2 aromatic rings. The number of carbonyl (C=O) groups is 1. The Labute approximate surface area is 80.5 Å². The number of halogens is 1. The van der Waals surface area contributed by atoms with Crippen molar-refractivity contribution in [2.45, 2.75) is 6.42 Å². The molecule has 0 aliphatic heterocycles. The topological polar surface area (TPSA) is 32.9 Å². The Morgan fingerprint density at radius 2 is 2.23 bits per heavy atom. The van der Waals surface area contributed by atoms with E-state index in [9.17, 15) is 4.79 Å². The summed E-state index contributed by atoms with van der Waals surface area (Å²) in [5, 5.41) is 1.76. The van der Waals surface area contributed by atoms with Crippen LogP contribution in [0.15, 0.2) is 24.3 Å². The predicted molar refractivity (Wildman–Crippen MR) is 53.1 cm³/mol. The van der Waals surface area contributed by atoms with Gasteiger partial charge in [-0.05, 0) is 24.3 Å². The second-order valence-electron chi connectivity index (χ2n) is 2.90. The molecule has 0 aliphatic carbocycles. The number of aromatic amines is 1. The van der Waals surface area contributed by atoms with Crippen LogP contribution in [0.4, 0.5) is 0 Å². The van der Waals surface area contributed by atoms with Gasteiger partial charge in [-0.3, -0.25) is 0 Å². The molecule has 0 atom stereocenters. The number of hydrogen-bond acceptors (Lipinski definition) is 1. The van der Waals surface area contributed by atoms with Gasteiger partial charge in [-0.1, -0.05) is 11.6 Å². The van der Waals surface area contributed by atoms with Crippen LogP contribution in [0.3, 0.4) is 0 Å². The standard InChI is InChI=1S/C10H8ClNO/c11-8-1-2-10-7(5-8)6-9(12-10)3-4-13/h1-2,4-6,12H,3H2. The summed E-state index contributed by atoms with van der Waals surface area (Å²) in [6.07, 6.45) is 1.30. The molecular weight excluding hydrogens is 186 g/mol. The lowest BCUT2D eigenvalue weighted by molar-refractivity contribution is -0.107. The molecule has 1 aromatic carbocycles. The van der Waals surface area contributed by atoms with Crippen molar-refractivity contribution in [3.05, 3.63) is 35.0 Å². The summed E-state index contributed by atoms with van der Waals surface area (Å²) < 4.78 is 0. The smallest absolute Gasteiger partial charge is 0.125 e. The van der Waals surface area contributed by atoms with E-state index in [2.05, 4.69) is 4.98 Å². The van der Waals surface area contributed by atoms with Crippen LogP contribution < -0.4 is 0 Å². The Morgan fingerprint density at radius 3 is 3.00 bits per heavy atom. The highest BCUT2D eigenvalue weighted by Gasteiger charge is 1.99. The van der Waals surface area contributed by atoms with E-state index >= 15 is 0 Å². The molecular formula is C10H8ClNO. The van der Waals surface area contributed by atoms with Gasteiger partial charge < -0.3 is 9.78 Å². The van der Waals surface area contributed by atoms with Gasteiger partial charge in [0.05, 0.1) is 0 Å². The normalized spacial score (nSPS) is 10.5. The quantitative estimate of drug-likeness (QED) is 0.731. The summed E-state index contributed by atoms with van der Waals surface area (Å²) in [6.45, 7) is 0. The Morgan fingerprint density at radius 1 is 1.38 bits per heavy atom. The van der Waals surface area contributed by atoms with E-state index in [1.165, 1.54) is 0 Å². The van der Waals surface area contributed by atoms with Crippen molar-refractivity contribution >= 4 is 28.8 Å². The van der Waals surface area contributed by atoms with E-state index in [1.807, 2.05) is 24.3 Å². The van der Waals surface area contributed by atoms with Gasteiger partial charge in [0.15, 0.2) is 0 Å². The lowest BCUT2D eigenvalue weighted by Crippen LogP contribution is -1.83. The highest BCUT2D eigenvalue weighted by Crippen LogP contribution is 2.19. The summed E-state index contributed by atoms with van der Waals surface area (Å²) in [5.74, 6) is 0. The molecule has 0 spiro atoms. The summed E-state index contributed by atoms with van der Waals surface area (Å²) in [5.41, 5.74) is 1.94. The van der Waals surface area contributed by atoms with Crippen LogP contribution >= 0.6 is 11.6 Å². The maximum Gasteiger partial charge on any atom is 0.125 e. The maximum absolute atomic E-state index is 10.3. The first-order chi connectivity index (χ1) is 6.29. The van der Waals surface area contributed by atoms with Crippen molar-refractivity contribution in [3.63, 3.8) is 0 Å². The van der Waals surface area contributed by atoms with Crippen molar-refractivity contribution < 1.29 is 4.79 Å². The van der Waals surface area contributed by atoms with Crippen molar-refractivity contribution in [1.82, 2.24) is 4.98 Å². The third kappa shape index (κ3) is 1.58. The number of hydrogen-bond donors (Lipinski definition) is 1. The molecule has 1 aromatic heterocycles. The van der Waals surface area contributed by atoms with E-state index in [1.54, 1.807) is 0 Å². The minimum Gasteiger partial charge on any atom is -0.358 e. The summed E-state index contributed by atoms with van der Waals surface area (Å²) in [4.78, 5) is 13.4. The number of carbonyl (C=O) groups excluding carboxylic acids is 1. The van der Waals surface area contributed by atoms with E-state index in [4.69, 9.17) is 11.6 Å². The second kappa shape index (κ2) is 3.23. The van der Waals surface area contributed by atoms with Gasteiger partial charge in [-0.2, -0.15) is 0 Å². The molecule has 1 heterocycles. The molecule has 0 fully saturated rings. The number of aldehydes is 1. The van der Waals surface area contributed by atoms with Crippen LogP contribution in [0.2, 0.25) is 5.02 Å². The molecule has 0 aliphatic rings. The van der Waals surface area contributed by atoms with Gasteiger partial charge >= 0.3 is 0 Å². The number of benzene rings is 1. The lowest BCUT2D eigenvalue weighted by Gasteiger charge is -1.88. The number of H-pyrrole nitrogens is 1. The second-order valence-corrected chi connectivity index (χ2v) is 3.33. The van der Waals surface area contributed by atoms with Crippen LogP contribution in [-0.2, 0) is 11.2 Å². The van der Waals surface area contributed by atoms with Crippen molar-refractivity contribution in [1.29, 1.82) is 0 Å². The summed E-state index contributed by atoms with van der Waals surface area (Å²) in [6, 6.07) is 7.55. The van der Waals surface area contributed by atoms with Gasteiger partial charge in [0.25, 0.3) is 0 Å². The zero-order valence-electron chi connectivity index (χ0n) is 6.88. The van der Waals surface area contributed by atoms with Crippen molar-refractivity contribution in [3.8, 4) is 0 Å². The van der Waals surface area contributed by atoms with Gasteiger partial charge in [0.2, 0.25) is 0 Å². The van der Waals surface area contributed by atoms with E-state index in [0.717, 1.165) is 22.9 Å². The van der Waals surface area contributed by atoms with Crippen LogP contribution in [-0.4, -0.2) is 11.3 Å². The number of nitrogens with one attached hydrogen (secondary N) is 1. The molecule has 0 unspecified atom stereocenters. The molecule has 0 saturated heterocycles. The SMILES string of the molecule is O=CCc1cc2cc(Cl)ccc2[nH]1. The van der Waals surface area contributed by atoms with Crippen molar-refractivity contribution in [2.24, 2.45) is 0 Å². The average Bonchev–Trinajstić information content (AvgIpc) is 2.46. The van der Waals surface area contributed by atoms with Crippen LogP contribution in [0.1, 0.15) is 5.69 Å². The molecule has 66 valence electrons. The third-order valence-corrected chi connectivity index (χ3v) is 2.18. The predicted octanol–water partition coefficient (Wildman–Crippen LogP) is 2.56. The van der Waals surface area contributed by atoms with E-state index in [0.29, 0.717) is 11.4 Å². The molecule has 2 rings (SSSR count). The minimum absolute atomic E-state index is 0.423. The number of aromatic nitrogens is 1. The molecule has 2 nitrogen and oxygen atoms in total. The fourth-order valence-corrected chi connectivity index (χ4v) is 1.54. The molecule has 3 heteroatoms. The molecule has 13 heavy (non-hydrogen) atoms. The van der Waals surface area contributed by atoms with E-state index < -0.39 is 0 Å². The van der Waals surface area contributed by atoms with Crippen LogP contribution in [0.5, 0.6) is 0 Å². The fourth-order valence-electron chi connectivity index (χ4n) is 1.36. The zero-order valence-corrected chi connectivity index (χ0v) is 7.64. The molecule has 1 N–H and O–H groups in total. The summed E-state index contributed by atoms with van der Waals surface area (Å²) >= 11 is 5.82. The lowest BCUT2D eigenvalue weighted by atomic mass is 10.2. The Kier molecular flexibility index (Phi) is 2.07. The molecule has 0 bridgehead atoms. The first-order valence-corrected chi connectivity index (χ1v) is 4.38. The Hall–Kier alpha value is -1.28. The van der Waals surface area contributed by atoms with Gasteiger partial charge in [-0.25, -0.2) is 0 Å². The summed E-state index contributed by atoms with van der Waals surface area (Å²) in [7, 11) is 0. The van der Waals surface area contributed by atoms with Gasteiger partial charge in [0, 0.05) is 28.0 Å². The highest BCUT2D eigenvalue weighted by atomic mass is 35.5. The number of rotatable bonds is 2. The largest absolute Gasteiger partial charge is 0.358 e. The van der Waals surface area contributed by atoms with Gasteiger partial charge in [-0.15, -0.1) is 0 Å². The van der Waals surface area contributed by atoms with Gasteiger partial charge in [0.1, 0.15) is 6.29 Å². The minimum atomic E-state index is 0.423. The monoisotopic (exact) mass is 193 g/mol. The number of fused-ring (bicyclic) bond motifs is 1. The third-order valence-electron chi connectivity index (χ3n) is 1.94. The average molecular weight is 194 g/mol. The zero-order chi connectivity index (χ0) is 9.26. The first-order valence-electron chi connectivity index (χ1n) is 4.00. The van der Waals surface area contributed by atoms with Crippen LogP contribution in [0, 0.1) is 0 Å².